The third kappa shape index (κ3) is 5.14. The summed E-state index contributed by atoms with van der Waals surface area (Å²) in [6.45, 7) is 3.97. The number of hydrogen-bond donors (Lipinski definition) is 1. The summed E-state index contributed by atoms with van der Waals surface area (Å²) in [4.78, 5) is 27.8. The topological polar surface area (TPSA) is 71.1 Å². The average Bonchev–Trinajstić information content (AvgIpc) is 3.03. The Bertz CT molecular complexity index is 690. The summed E-state index contributed by atoms with van der Waals surface area (Å²) in [6, 6.07) is 3.69. The minimum atomic E-state index is -4.42. The van der Waals surface area contributed by atoms with Crippen LogP contribution in [0.1, 0.15) is 11.1 Å². The smallest absolute Gasteiger partial charge is 0.416 e. The number of halogens is 3. The van der Waals surface area contributed by atoms with Gasteiger partial charge in [0.25, 0.3) is 0 Å². The number of nitrogens with one attached hydrogen (secondary N) is 1. The van der Waals surface area contributed by atoms with E-state index in [0.717, 1.165) is 25.2 Å². The molecule has 0 unspecified atom stereocenters. The fraction of sp³-hybridized carbons (Fsp3) is 0.556. The van der Waals surface area contributed by atoms with E-state index in [-0.39, 0.29) is 19.1 Å². The van der Waals surface area contributed by atoms with Crippen LogP contribution in [0.15, 0.2) is 24.3 Å². The van der Waals surface area contributed by atoms with Gasteiger partial charge in [-0.3, -0.25) is 14.6 Å². The first-order valence-corrected chi connectivity index (χ1v) is 9.02. The average molecular weight is 401 g/mol. The molecule has 0 saturated carbocycles. The van der Waals surface area contributed by atoms with Crippen LogP contribution in [0.4, 0.5) is 18.0 Å². The second-order valence-corrected chi connectivity index (χ2v) is 6.66. The zero-order valence-corrected chi connectivity index (χ0v) is 15.2. The lowest BCUT2D eigenvalue weighted by molar-refractivity contribution is -0.137. The molecule has 2 heterocycles. The molecule has 1 N–H and O–H groups in total. The summed E-state index contributed by atoms with van der Waals surface area (Å²) in [5, 5.41) is 2.79. The minimum absolute atomic E-state index is 0.00147. The maximum absolute atomic E-state index is 12.7. The van der Waals surface area contributed by atoms with Crippen molar-refractivity contribution in [3.05, 3.63) is 35.4 Å². The van der Waals surface area contributed by atoms with E-state index in [2.05, 4.69) is 10.2 Å². The number of alkyl halides is 3. The molecule has 154 valence electrons. The zero-order valence-electron chi connectivity index (χ0n) is 15.2. The third-order valence-corrected chi connectivity index (χ3v) is 4.74. The van der Waals surface area contributed by atoms with E-state index in [4.69, 9.17) is 9.47 Å². The van der Waals surface area contributed by atoms with Crippen LogP contribution in [-0.2, 0) is 27.0 Å². The molecule has 3 rings (SSSR count). The molecule has 0 radical (unpaired) electrons. The first kappa shape index (κ1) is 20.4. The Morgan fingerprint density at radius 2 is 1.86 bits per heavy atom. The summed E-state index contributed by atoms with van der Waals surface area (Å²) < 4.78 is 48.2. The Labute approximate surface area is 160 Å². The maximum Gasteiger partial charge on any atom is 0.416 e. The van der Waals surface area contributed by atoms with Crippen LogP contribution >= 0.6 is 0 Å². The highest BCUT2D eigenvalue weighted by Crippen LogP contribution is 2.29. The molecule has 2 fully saturated rings. The molecule has 7 nitrogen and oxygen atoms in total. The number of morpholine rings is 1. The van der Waals surface area contributed by atoms with Crippen molar-refractivity contribution in [1.29, 1.82) is 0 Å². The molecule has 10 heteroatoms. The zero-order chi connectivity index (χ0) is 20.1. The van der Waals surface area contributed by atoms with Crippen LogP contribution in [0.5, 0.6) is 0 Å². The van der Waals surface area contributed by atoms with Crippen LogP contribution in [0, 0.1) is 0 Å². The van der Waals surface area contributed by atoms with Crippen molar-refractivity contribution in [2.45, 2.75) is 18.8 Å². The maximum atomic E-state index is 12.7. The van der Waals surface area contributed by atoms with Crippen LogP contribution < -0.4 is 5.32 Å². The van der Waals surface area contributed by atoms with Crippen molar-refractivity contribution in [2.75, 3.05) is 46.0 Å². The Morgan fingerprint density at radius 1 is 1.18 bits per heavy atom. The molecule has 28 heavy (non-hydrogen) atoms. The van der Waals surface area contributed by atoms with E-state index in [1.54, 1.807) is 0 Å². The van der Waals surface area contributed by atoms with Gasteiger partial charge in [0, 0.05) is 26.2 Å². The van der Waals surface area contributed by atoms with Gasteiger partial charge in [0.15, 0.2) is 0 Å². The van der Waals surface area contributed by atoms with E-state index in [0.29, 0.717) is 31.9 Å². The molecule has 2 aliphatic heterocycles. The largest absolute Gasteiger partial charge is 0.447 e. The van der Waals surface area contributed by atoms with E-state index in [1.807, 2.05) is 0 Å². The summed E-state index contributed by atoms with van der Waals surface area (Å²) in [5.74, 6) is -0.342. The molecule has 1 atom stereocenters. The highest BCUT2D eigenvalue weighted by atomic mass is 19.4. The van der Waals surface area contributed by atoms with E-state index >= 15 is 0 Å². The first-order valence-electron chi connectivity index (χ1n) is 9.02. The second kappa shape index (κ2) is 8.78. The Kier molecular flexibility index (Phi) is 6.40. The second-order valence-electron chi connectivity index (χ2n) is 6.66. The fourth-order valence-corrected chi connectivity index (χ4v) is 3.12. The van der Waals surface area contributed by atoms with E-state index in [9.17, 15) is 22.8 Å². The number of nitrogens with zero attached hydrogens (tertiary/aromatic N) is 2. The highest BCUT2D eigenvalue weighted by Gasteiger charge is 2.38. The van der Waals surface area contributed by atoms with Crippen molar-refractivity contribution >= 4 is 12.0 Å². The van der Waals surface area contributed by atoms with Crippen molar-refractivity contribution in [1.82, 2.24) is 15.1 Å². The highest BCUT2D eigenvalue weighted by molar-refractivity contribution is 5.87. The Morgan fingerprint density at radius 3 is 2.50 bits per heavy atom. The number of benzene rings is 1. The predicted molar refractivity (Wildman–Crippen MR) is 92.4 cm³/mol. The van der Waals surface area contributed by atoms with Crippen LogP contribution in [-0.4, -0.2) is 73.8 Å². The van der Waals surface area contributed by atoms with Gasteiger partial charge in [0.2, 0.25) is 5.91 Å². The van der Waals surface area contributed by atoms with Crippen LogP contribution in [0.2, 0.25) is 0 Å². The number of ether oxygens (including phenoxy) is 2. The number of cyclic esters (lactones) is 1. The quantitative estimate of drug-likeness (QED) is 0.782. The fourth-order valence-electron chi connectivity index (χ4n) is 3.12. The van der Waals surface area contributed by atoms with Gasteiger partial charge in [-0.25, -0.2) is 4.79 Å². The van der Waals surface area contributed by atoms with Gasteiger partial charge in [-0.1, -0.05) is 12.1 Å². The molecule has 0 spiro atoms. The normalized spacial score (nSPS) is 20.9. The van der Waals surface area contributed by atoms with Gasteiger partial charge in [0.1, 0.15) is 12.6 Å². The number of carbonyl (C=O) groups excluding carboxylic acids is 2. The molecule has 1 aromatic rings. The van der Waals surface area contributed by atoms with E-state index in [1.165, 1.54) is 17.0 Å². The predicted octanol–water partition coefficient (Wildman–Crippen LogP) is 1.47. The van der Waals surface area contributed by atoms with Crippen molar-refractivity contribution < 1.29 is 32.2 Å². The van der Waals surface area contributed by atoms with Crippen LogP contribution in [0.25, 0.3) is 0 Å². The standard InChI is InChI=1S/C18H22F3N3O4/c19-18(20,21)14-3-1-13(2-4-14)11-24-15(12-28-17(24)26)16(25)22-5-6-23-7-9-27-10-8-23/h1-4,15H,5-12H2,(H,22,25)/t15-/m0/s1. The molecule has 0 aromatic heterocycles. The first-order chi connectivity index (χ1) is 13.3. The minimum Gasteiger partial charge on any atom is -0.447 e. The summed E-state index contributed by atoms with van der Waals surface area (Å²) in [5.41, 5.74) is -0.282. The molecular weight excluding hydrogens is 379 g/mol. The van der Waals surface area contributed by atoms with Crippen molar-refractivity contribution in [3.8, 4) is 0 Å². The van der Waals surface area contributed by atoms with Gasteiger partial charge in [-0.2, -0.15) is 13.2 Å². The van der Waals surface area contributed by atoms with Crippen molar-refractivity contribution in [2.24, 2.45) is 0 Å². The van der Waals surface area contributed by atoms with Gasteiger partial charge in [-0.05, 0) is 17.7 Å². The SMILES string of the molecule is O=C(NCCN1CCOCC1)[C@@H]1COC(=O)N1Cc1ccc(C(F)(F)F)cc1. The summed E-state index contributed by atoms with van der Waals surface area (Å²) in [6.07, 6.45) is -5.08. The van der Waals surface area contributed by atoms with Gasteiger partial charge < -0.3 is 14.8 Å². The van der Waals surface area contributed by atoms with Gasteiger partial charge >= 0.3 is 12.3 Å². The number of hydrogen-bond acceptors (Lipinski definition) is 5. The number of rotatable bonds is 6. The lowest BCUT2D eigenvalue weighted by atomic mass is 10.1. The number of carbonyl (C=O) groups is 2. The summed E-state index contributed by atoms with van der Waals surface area (Å²) >= 11 is 0. The third-order valence-electron chi connectivity index (χ3n) is 4.74. The molecule has 2 amide bonds. The Balaban J connectivity index is 1.54. The lowest BCUT2D eigenvalue weighted by Gasteiger charge is -2.27. The van der Waals surface area contributed by atoms with E-state index < -0.39 is 23.9 Å². The Hall–Kier alpha value is -2.33. The molecule has 2 aliphatic rings. The molecule has 2 saturated heterocycles. The van der Waals surface area contributed by atoms with Gasteiger partial charge in [-0.15, -0.1) is 0 Å². The summed E-state index contributed by atoms with van der Waals surface area (Å²) in [7, 11) is 0. The van der Waals surface area contributed by atoms with Gasteiger partial charge in [0.05, 0.1) is 25.3 Å². The lowest BCUT2D eigenvalue weighted by Crippen LogP contribution is -2.48. The molecular formula is C18H22F3N3O4. The monoisotopic (exact) mass is 401 g/mol. The molecule has 0 aliphatic carbocycles. The van der Waals surface area contributed by atoms with Crippen LogP contribution in [0.3, 0.4) is 0 Å². The molecule has 0 bridgehead atoms. The molecule has 1 aromatic carbocycles. The number of amides is 2. The van der Waals surface area contributed by atoms with Crippen molar-refractivity contribution in [3.63, 3.8) is 0 Å².